The number of halogens is 1. The van der Waals surface area contributed by atoms with Gasteiger partial charge in [-0.15, -0.1) is 12.4 Å². The van der Waals surface area contributed by atoms with Gasteiger partial charge < -0.3 is 15.3 Å². The molecule has 0 aromatic rings. The summed E-state index contributed by atoms with van der Waals surface area (Å²) in [6.45, 7) is 5.10. The van der Waals surface area contributed by atoms with Gasteiger partial charge in [-0.2, -0.15) is 0 Å². The minimum Gasteiger partial charge on any atom is -0.481 e. The summed E-state index contributed by atoms with van der Waals surface area (Å²) in [7, 11) is 0. The number of hydrogen-bond acceptors (Lipinski definition) is 3. The lowest BCUT2D eigenvalue weighted by atomic mass is 10.2. The van der Waals surface area contributed by atoms with E-state index in [1.165, 1.54) is 0 Å². The molecule has 0 aromatic heterocycles. The summed E-state index contributed by atoms with van der Waals surface area (Å²) < 4.78 is 0. The van der Waals surface area contributed by atoms with Crippen molar-refractivity contribution in [2.75, 3.05) is 32.7 Å². The van der Waals surface area contributed by atoms with E-state index in [4.69, 9.17) is 5.11 Å². The number of aliphatic carboxylic acids is 1. The summed E-state index contributed by atoms with van der Waals surface area (Å²) in [5, 5.41) is 11.7. The second-order valence-corrected chi connectivity index (χ2v) is 3.09. The summed E-state index contributed by atoms with van der Waals surface area (Å²) in [6.07, 6.45) is 1.07. The van der Waals surface area contributed by atoms with E-state index in [0.29, 0.717) is 6.42 Å². The van der Waals surface area contributed by atoms with Crippen LogP contribution in [0.25, 0.3) is 0 Å². The first-order valence-electron chi connectivity index (χ1n) is 4.44. The Morgan fingerprint density at radius 1 is 1.38 bits per heavy atom. The van der Waals surface area contributed by atoms with Crippen LogP contribution in [0.1, 0.15) is 12.8 Å². The van der Waals surface area contributed by atoms with E-state index in [1.807, 2.05) is 0 Å². The fourth-order valence-corrected chi connectivity index (χ4v) is 1.39. The molecular weight excluding hydrogens is 192 g/mol. The fourth-order valence-electron chi connectivity index (χ4n) is 1.39. The summed E-state index contributed by atoms with van der Waals surface area (Å²) >= 11 is 0. The third-order valence-corrected chi connectivity index (χ3v) is 2.07. The van der Waals surface area contributed by atoms with Crippen LogP contribution in [-0.2, 0) is 4.79 Å². The van der Waals surface area contributed by atoms with Crippen molar-refractivity contribution in [3.05, 3.63) is 0 Å². The van der Waals surface area contributed by atoms with Gasteiger partial charge in [0.25, 0.3) is 0 Å². The molecule has 13 heavy (non-hydrogen) atoms. The second-order valence-electron chi connectivity index (χ2n) is 3.09. The molecule has 0 aromatic carbocycles. The smallest absolute Gasteiger partial charge is 0.303 e. The molecule has 1 rings (SSSR count). The van der Waals surface area contributed by atoms with E-state index >= 15 is 0 Å². The molecule has 0 saturated carbocycles. The Morgan fingerprint density at radius 2 is 2.00 bits per heavy atom. The number of piperazine rings is 1. The van der Waals surface area contributed by atoms with Gasteiger partial charge >= 0.3 is 5.97 Å². The number of carboxylic acid groups (broad SMARTS) is 1. The van der Waals surface area contributed by atoms with E-state index in [9.17, 15) is 4.79 Å². The first kappa shape index (κ1) is 12.7. The standard InChI is InChI=1S/C8H16N2O2.ClH/c11-8(12)2-1-5-10-6-3-9-4-7-10;/h9H,1-7H2,(H,11,12);1H. The molecule has 1 saturated heterocycles. The van der Waals surface area contributed by atoms with Gasteiger partial charge in [0.15, 0.2) is 0 Å². The lowest BCUT2D eigenvalue weighted by molar-refractivity contribution is -0.137. The predicted octanol–water partition coefficient (Wildman–Crippen LogP) is 0.178. The van der Waals surface area contributed by atoms with E-state index in [2.05, 4.69) is 10.2 Å². The summed E-state index contributed by atoms with van der Waals surface area (Å²) in [4.78, 5) is 12.5. The highest BCUT2D eigenvalue weighted by Gasteiger charge is 2.08. The Kier molecular flexibility index (Phi) is 6.94. The molecular formula is C8H17ClN2O2. The van der Waals surface area contributed by atoms with Crippen LogP contribution in [-0.4, -0.2) is 48.7 Å². The highest BCUT2D eigenvalue weighted by molar-refractivity contribution is 5.85. The summed E-state index contributed by atoms with van der Waals surface area (Å²) in [5.74, 6) is -0.690. The quantitative estimate of drug-likeness (QED) is 0.692. The monoisotopic (exact) mass is 208 g/mol. The van der Waals surface area contributed by atoms with Crippen LogP contribution in [0.5, 0.6) is 0 Å². The third kappa shape index (κ3) is 5.85. The first-order valence-corrected chi connectivity index (χ1v) is 4.44. The number of nitrogens with one attached hydrogen (secondary N) is 1. The minimum atomic E-state index is -0.690. The highest BCUT2D eigenvalue weighted by atomic mass is 35.5. The van der Waals surface area contributed by atoms with Crippen LogP contribution in [0.15, 0.2) is 0 Å². The first-order chi connectivity index (χ1) is 5.79. The molecule has 1 heterocycles. The molecule has 4 nitrogen and oxygen atoms in total. The molecule has 2 N–H and O–H groups in total. The van der Waals surface area contributed by atoms with Crippen molar-refractivity contribution in [2.24, 2.45) is 0 Å². The van der Waals surface area contributed by atoms with Crippen LogP contribution in [0.2, 0.25) is 0 Å². The molecule has 1 aliphatic rings. The second kappa shape index (κ2) is 7.12. The number of carbonyl (C=O) groups is 1. The van der Waals surface area contributed by atoms with Crippen molar-refractivity contribution in [1.29, 1.82) is 0 Å². The van der Waals surface area contributed by atoms with Gasteiger partial charge in [-0.1, -0.05) is 0 Å². The lowest BCUT2D eigenvalue weighted by Crippen LogP contribution is -2.43. The predicted molar refractivity (Wildman–Crippen MR) is 53.4 cm³/mol. The van der Waals surface area contributed by atoms with Gasteiger partial charge in [-0.25, -0.2) is 0 Å². The normalized spacial score (nSPS) is 17.8. The largest absolute Gasteiger partial charge is 0.481 e. The lowest BCUT2D eigenvalue weighted by Gasteiger charge is -2.26. The van der Waals surface area contributed by atoms with Gasteiger partial charge in [0.05, 0.1) is 0 Å². The van der Waals surface area contributed by atoms with Gasteiger partial charge in [0.2, 0.25) is 0 Å². The highest BCUT2D eigenvalue weighted by Crippen LogP contribution is 1.96. The molecule has 78 valence electrons. The van der Waals surface area contributed by atoms with Gasteiger partial charge in [0.1, 0.15) is 0 Å². The third-order valence-electron chi connectivity index (χ3n) is 2.07. The van der Waals surface area contributed by atoms with Crippen LogP contribution < -0.4 is 5.32 Å². The van der Waals surface area contributed by atoms with Crippen molar-refractivity contribution >= 4 is 18.4 Å². The maximum Gasteiger partial charge on any atom is 0.303 e. The van der Waals surface area contributed by atoms with E-state index in [-0.39, 0.29) is 12.4 Å². The maximum absolute atomic E-state index is 10.2. The van der Waals surface area contributed by atoms with E-state index < -0.39 is 5.97 Å². The van der Waals surface area contributed by atoms with Gasteiger partial charge in [-0.3, -0.25) is 4.79 Å². The Morgan fingerprint density at radius 3 is 2.54 bits per heavy atom. The molecule has 0 amide bonds. The zero-order valence-corrected chi connectivity index (χ0v) is 8.48. The molecule has 0 unspecified atom stereocenters. The van der Waals surface area contributed by atoms with Crippen molar-refractivity contribution in [1.82, 2.24) is 10.2 Å². The number of carboxylic acids is 1. The SMILES string of the molecule is Cl.O=C(O)CCCN1CCNCC1. The van der Waals surface area contributed by atoms with E-state index in [0.717, 1.165) is 39.1 Å². The summed E-state index contributed by atoms with van der Waals surface area (Å²) in [6, 6.07) is 0. The van der Waals surface area contributed by atoms with E-state index in [1.54, 1.807) is 0 Å². The van der Waals surface area contributed by atoms with Crippen molar-refractivity contribution in [2.45, 2.75) is 12.8 Å². The molecule has 0 atom stereocenters. The van der Waals surface area contributed by atoms with Gasteiger partial charge in [-0.05, 0) is 13.0 Å². The fraction of sp³-hybridized carbons (Fsp3) is 0.875. The average Bonchev–Trinajstić information content (AvgIpc) is 2.05. The van der Waals surface area contributed by atoms with Crippen LogP contribution in [0.3, 0.4) is 0 Å². The molecule has 5 heteroatoms. The zero-order chi connectivity index (χ0) is 8.81. The van der Waals surface area contributed by atoms with Crippen molar-refractivity contribution in [3.8, 4) is 0 Å². The molecule has 1 aliphatic heterocycles. The Hall–Kier alpha value is -0.320. The van der Waals surface area contributed by atoms with Crippen LogP contribution >= 0.6 is 12.4 Å². The number of hydrogen-bond donors (Lipinski definition) is 2. The number of rotatable bonds is 4. The Labute approximate surface area is 84.7 Å². The topological polar surface area (TPSA) is 52.6 Å². The molecule has 1 fully saturated rings. The van der Waals surface area contributed by atoms with Crippen LogP contribution in [0.4, 0.5) is 0 Å². The summed E-state index contributed by atoms with van der Waals surface area (Å²) in [5.41, 5.74) is 0. The zero-order valence-electron chi connectivity index (χ0n) is 7.66. The Bertz CT molecular complexity index is 149. The van der Waals surface area contributed by atoms with Crippen molar-refractivity contribution < 1.29 is 9.90 Å². The molecule has 0 aliphatic carbocycles. The molecule has 0 bridgehead atoms. The molecule has 0 spiro atoms. The van der Waals surface area contributed by atoms with Crippen LogP contribution in [0, 0.1) is 0 Å². The van der Waals surface area contributed by atoms with Crippen molar-refractivity contribution in [3.63, 3.8) is 0 Å². The average molecular weight is 209 g/mol. The number of nitrogens with zero attached hydrogens (tertiary/aromatic N) is 1. The minimum absolute atomic E-state index is 0. The Balaban J connectivity index is 0.00000144. The van der Waals surface area contributed by atoms with Gasteiger partial charge in [0, 0.05) is 32.6 Å². The maximum atomic E-state index is 10.2. The molecule has 0 radical (unpaired) electrons.